The Labute approximate surface area is 134 Å². The van der Waals surface area contributed by atoms with Crippen LogP contribution in [-0.4, -0.2) is 19.2 Å². The van der Waals surface area contributed by atoms with Crippen molar-refractivity contribution < 1.29 is 14.3 Å². The molecule has 0 bridgehead atoms. The summed E-state index contributed by atoms with van der Waals surface area (Å²) in [6.07, 6.45) is 4.72. The van der Waals surface area contributed by atoms with E-state index in [4.69, 9.17) is 9.47 Å². The first-order valence-electron chi connectivity index (χ1n) is 8.32. The molecule has 1 saturated carbocycles. The van der Waals surface area contributed by atoms with Crippen LogP contribution in [0.3, 0.4) is 0 Å². The molecule has 3 heteroatoms. The van der Waals surface area contributed by atoms with Gasteiger partial charge in [-0.05, 0) is 43.6 Å². The molecule has 0 saturated heterocycles. The standard InChI is InChI=1S/C19H28O3/c1-15(2)11-13-19(18(20)21-3)12-7-10-17(19)22-14-16-8-5-4-6-9-16/h4-6,8-9,15,17H,7,10-14H2,1-3H3. The van der Waals surface area contributed by atoms with Crippen molar-refractivity contribution in [1.29, 1.82) is 0 Å². The Morgan fingerprint density at radius 2 is 2.05 bits per heavy atom. The molecule has 1 aromatic carbocycles. The topological polar surface area (TPSA) is 35.5 Å². The predicted molar refractivity (Wildman–Crippen MR) is 87.4 cm³/mol. The molecule has 0 spiro atoms. The molecule has 2 rings (SSSR count). The lowest BCUT2D eigenvalue weighted by Gasteiger charge is -2.33. The molecule has 1 aromatic rings. The van der Waals surface area contributed by atoms with Crippen molar-refractivity contribution in [2.24, 2.45) is 11.3 Å². The van der Waals surface area contributed by atoms with Gasteiger partial charge in [-0.15, -0.1) is 0 Å². The first-order chi connectivity index (χ1) is 10.6. The Kier molecular flexibility index (Phi) is 6.01. The van der Waals surface area contributed by atoms with Gasteiger partial charge in [-0.25, -0.2) is 0 Å². The molecule has 122 valence electrons. The molecule has 0 amide bonds. The van der Waals surface area contributed by atoms with Crippen LogP contribution in [0.2, 0.25) is 0 Å². The zero-order chi connectivity index (χ0) is 16.0. The summed E-state index contributed by atoms with van der Waals surface area (Å²) in [5, 5.41) is 0. The van der Waals surface area contributed by atoms with E-state index >= 15 is 0 Å². The summed E-state index contributed by atoms with van der Waals surface area (Å²) in [6.45, 7) is 4.95. The normalized spacial score (nSPS) is 24.6. The number of carbonyl (C=O) groups excluding carboxylic acids is 1. The van der Waals surface area contributed by atoms with Crippen molar-refractivity contribution in [3.05, 3.63) is 35.9 Å². The fourth-order valence-corrected chi connectivity index (χ4v) is 3.43. The summed E-state index contributed by atoms with van der Waals surface area (Å²) in [5.74, 6) is 0.487. The molecule has 22 heavy (non-hydrogen) atoms. The van der Waals surface area contributed by atoms with E-state index in [1.165, 1.54) is 7.11 Å². The second-order valence-electron chi connectivity index (χ2n) is 6.76. The molecule has 0 heterocycles. The lowest BCUT2D eigenvalue weighted by Crippen LogP contribution is -2.41. The largest absolute Gasteiger partial charge is 0.469 e. The summed E-state index contributed by atoms with van der Waals surface area (Å²) in [5.41, 5.74) is 0.699. The molecule has 1 aliphatic carbocycles. The van der Waals surface area contributed by atoms with Crippen molar-refractivity contribution in [3.8, 4) is 0 Å². The molecular formula is C19H28O3. The van der Waals surface area contributed by atoms with E-state index in [1.54, 1.807) is 0 Å². The third-order valence-corrected chi connectivity index (χ3v) is 4.76. The van der Waals surface area contributed by atoms with Gasteiger partial charge in [-0.2, -0.15) is 0 Å². The monoisotopic (exact) mass is 304 g/mol. The molecule has 2 atom stereocenters. The number of hydrogen-bond acceptors (Lipinski definition) is 3. The fourth-order valence-electron chi connectivity index (χ4n) is 3.43. The highest BCUT2D eigenvalue weighted by molar-refractivity contribution is 5.78. The van der Waals surface area contributed by atoms with Gasteiger partial charge in [0, 0.05) is 0 Å². The van der Waals surface area contributed by atoms with Gasteiger partial charge in [0.1, 0.15) is 0 Å². The van der Waals surface area contributed by atoms with Gasteiger partial charge in [-0.3, -0.25) is 4.79 Å². The minimum absolute atomic E-state index is 0.0288. The van der Waals surface area contributed by atoms with Crippen LogP contribution in [0, 0.1) is 11.3 Å². The average molecular weight is 304 g/mol. The van der Waals surface area contributed by atoms with Crippen LogP contribution in [-0.2, 0) is 20.9 Å². The van der Waals surface area contributed by atoms with Crippen molar-refractivity contribution in [1.82, 2.24) is 0 Å². The Morgan fingerprint density at radius 3 is 2.68 bits per heavy atom. The van der Waals surface area contributed by atoms with Gasteiger partial charge in [0.15, 0.2) is 0 Å². The third kappa shape index (κ3) is 3.89. The zero-order valence-corrected chi connectivity index (χ0v) is 14.0. The van der Waals surface area contributed by atoms with E-state index in [-0.39, 0.29) is 12.1 Å². The van der Waals surface area contributed by atoms with Crippen LogP contribution in [0.5, 0.6) is 0 Å². The first-order valence-corrected chi connectivity index (χ1v) is 8.32. The molecule has 1 aliphatic rings. The Bertz CT molecular complexity index is 469. The maximum atomic E-state index is 12.5. The summed E-state index contributed by atoms with van der Waals surface area (Å²) in [7, 11) is 1.49. The minimum Gasteiger partial charge on any atom is -0.469 e. The van der Waals surface area contributed by atoms with Crippen LogP contribution < -0.4 is 0 Å². The van der Waals surface area contributed by atoms with Crippen LogP contribution in [0.1, 0.15) is 51.5 Å². The van der Waals surface area contributed by atoms with Crippen molar-refractivity contribution in [2.45, 2.75) is 58.7 Å². The molecule has 3 nitrogen and oxygen atoms in total. The molecule has 1 fully saturated rings. The van der Waals surface area contributed by atoms with E-state index in [1.807, 2.05) is 18.2 Å². The van der Waals surface area contributed by atoms with Gasteiger partial charge in [0.25, 0.3) is 0 Å². The minimum atomic E-state index is -0.451. The summed E-state index contributed by atoms with van der Waals surface area (Å²) in [6, 6.07) is 10.1. The van der Waals surface area contributed by atoms with Crippen LogP contribution in [0.25, 0.3) is 0 Å². The highest BCUT2D eigenvalue weighted by Gasteiger charge is 2.50. The Hall–Kier alpha value is -1.35. The van der Waals surface area contributed by atoms with Gasteiger partial charge < -0.3 is 9.47 Å². The predicted octanol–water partition coefficient (Wildman–Crippen LogP) is 4.35. The molecule has 0 radical (unpaired) electrons. The fraction of sp³-hybridized carbons (Fsp3) is 0.632. The lowest BCUT2D eigenvalue weighted by atomic mass is 9.78. The molecule has 0 N–H and O–H groups in total. The highest BCUT2D eigenvalue weighted by atomic mass is 16.5. The number of methoxy groups -OCH3 is 1. The van der Waals surface area contributed by atoms with Crippen molar-refractivity contribution in [3.63, 3.8) is 0 Å². The highest BCUT2D eigenvalue weighted by Crippen LogP contribution is 2.46. The van der Waals surface area contributed by atoms with Crippen LogP contribution in [0.15, 0.2) is 30.3 Å². The van der Waals surface area contributed by atoms with Gasteiger partial charge in [0.05, 0.1) is 25.2 Å². The first kappa shape index (κ1) is 17.0. The van der Waals surface area contributed by atoms with Crippen molar-refractivity contribution >= 4 is 5.97 Å². The Morgan fingerprint density at radius 1 is 1.32 bits per heavy atom. The smallest absolute Gasteiger partial charge is 0.314 e. The van der Waals surface area contributed by atoms with E-state index < -0.39 is 5.41 Å². The number of hydrogen-bond donors (Lipinski definition) is 0. The number of benzene rings is 1. The lowest BCUT2D eigenvalue weighted by molar-refractivity contribution is -0.163. The van der Waals surface area contributed by atoms with Gasteiger partial charge in [-0.1, -0.05) is 44.2 Å². The number of carbonyl (C=O) groups is 1. The van der Waals surface area contributed by atoms with Gasteiger partial charge in [0.2, 0.25) is 0 Å². The zero-order valence-electron chi connectivity index (χ0n) is 14.0. The Balaban J connectivity index is 2.07. The number of ether oxygens (including phenoxy) is 2. The average Bonchev–Trinajstić information content (AvgIpc) is 2.95. The molecule has 2 unspecified atom stereocenters. The SMILES string of the molecule is COC(=O)C1(CCC(C)C)CCCC1OCc1ccccc1. The van der Waals surface area contributed by atoms with E-state index in [2.05, 4.69) is 26.0 Å². The van der Waals surface area contributed by atoms with Crippen LogP contribution in [0.4, 0.5) is 0 Å². The molecule has 0 aromatic heterocycles. The number of rotatable bonds is 7. The molecular weight excluding hydrogens is 276 g/mol. The third-order valence-electron chi connectivity index (χ3n) is 4.76. The maximum absolute atomic E-state index is 12.5. The van der Waals surface area contributed by atoms with E-state index in [0.717, 1.165) is 37.7 Å². The number of esters is 1. The summed E-state index contributed by atoms with van der Waals surface area (Å²) >= 11 is 0. The molecule has 0 aliphatic heterocycles. The summed E-state index contributed by atoms with van der Waals surface area (Å²) in [4.78, 5) is 12.5. The van der Waals surface area contributed by atoms with Gasteiger partial charge >= 0.3 is 5.97 Å². The second kappa shape index (κ2) is 7.77. The summed E-state index contributed by atoms with van der Waals surface area (Å²) < 4.78 is 11.3. The van der Waals surface area contributed by atoms with E-state index in [0.29, 0.717) is 12.5 Å². The van der Waals surface area contributed by atoms with E-state index in [9.17, 15) is 4.79 Å². The van der Waals surface area contributed by atoms with Crippen LogP contribution >= 0.6 is 0 Å². The van der Waals surface area contributed by atoms with Crippen molar-refractivity contribution in [2.75, 3.05) is 7.11 Å². The second-order valence-corrected chi connectivity index (χ2v) is 6.76. The maximum Gasteiger partial charge on any atom is 0.314 e. The quantitative estimate of drug-likeness (QED) is 0.702.